The minimum absolute atomic E-state index is 0.117. The van der Waals surface area contributed by atoms with Crippen molar-refractivity contribution in [2.75, 3.05) is 13.4 Å². The first kappa shape index (κ1) is 17.5. The van der Waals surface area contributed by atoms with Crippen molar-refractivity contribution in [3.63, 3.8) is 0 Å². The van der Waals surface area contributed by atoms with Gasteiger partial charge in [0.25, 0.3) is 5.91 Å². The summed E-state index contributed by atoms with van der Waals surface area (Å²) in [5.74, 6) is -4.09. The second-order valence-corrected chi connectivity index (χ2v) is 6.21. The first-order valence-electron chi connectivity index (χ1n) is 6.24. The summed E-state index contributed by atoms with van der Waals surface area (Å²) in [6.07, 6.45) is 1.80. The molecule has 2 aromatic rings. The summed E-state index contributed by atoms with van der Waals surface area (Å²) in [7, 11) is -2.57. The highest BCUT2D eigenvalue weighted by Crippen LogP contribution is 2.27. The van der Waals surface area contributed by atoms with Crippen LogP contribution >= 0.6 is 0 Å². The van der Waals surface area contributed by atoms with Gasteiger partial charge in [-0.3, -0.25) is 4.79 Å². The molecule has 8 nitrogen and oxygen atoms in total. The van der Waals surface area contributed by atoms with Crippen LogP contribution in [-0.2, 0) is 10.0 Å². The van der Waals surface area contributed by atoms with Crippen molar-refractivity contribution in [3.05, 3.63) is 41.7 Å². The number of carbonyl (C=O) groups excluding carboxylic acids is 1. The average Bonchev–Trinajstić information content (AvgIpc) is 2.49. The number of rotatable bonds is 5. The van der Waals surface area contributed by atoms with Crippen molar-refractivity contribution in [1.29, 1.82) is 0 Å². The van der Waals surface area contributed by atoms with Gasteiger partial charge >= 0.3 is 0 Å². The van der Waals surface area contributed by atoms with Crippen molar-refractivity contribution >= 4 is 15.9 Å². The molecule has 0 aliphatic carbocycles. The van der Waals surface area contributed by atoms with E-state index in [1.165, 1.54) is 17.9 Å². The predicted octanol–water partition coefficient (Wildman–Crippen LogP) is 1.25. The van der Waals surface area contributed by atoms with Crippen LogP contribution in [0.2, 0.25) is 0 Å². The Morgan fingerprint density at radius 1 is 1.12 bits per heavy atom. The van der Waals surface area contributed by atoms with Gasteiger partial charge in [0.15, 0.2) is 11.6 Å². The maximum atomic E-state index is 14.0. The van der Waals surface area contributed by atoms with Gasteiger partial charge in [-0.05, 0) is 6.07 Å². The van der Waals surface area contributed by atoms with Crippen molar-refractivity contribution in [1.82, 2.24) is 14.7 Å². The lowest BCUT2D eigenvalue weighted by Crippen LogP contribution is -2.30. The third kappa shape index (κ3) is 4.35. The van der Waals surface area contributed by atoms with E-state index in [1.807, 2.05) is 0 Å². The molecule has 0 bridgehead atoms. The van der Waals surface area contributed by atoms with Crippen LogP contribution in [-0.4, -0.2) is 37.7 Å². The fourth-order valence-corrected chi connectivity index (χ4v) is 2.05. The maximum absolute atomic E-state index is 14.0. The fraction of sp³-hybridized carbons (Fsp3) is 0.154. The molecule has 1 amide bonds. The van der Waals surface area contributed by atoms with Gasteiger partial charge in [-0.15, -0.1) is 0 Å². The van der Waals surface area contributed by atoms with Gasteiger partial charge in [-0.25, -0.2) is 31.9 Å². The Kier molecular flexibility index (Phi) is 4.93. The number of sulfonamides is 1. The lowest BCUT2D eigenvalue weighted by atomic mass is 10.2. The van der Waals surface area contributed by atoms with Gasteiger partial charge in [0.1, 0.15) is 12.1 Å². The molecular formula is C13H11F2N3O5S. The number of hydrogen-bond donors (Lipinski definition) is 1. The lowest BCUT2D eigenvalue weighted by Gasteiger charge is -2.09. The Morgan fingerprint density at radius 3 is 2.42 bits per heavy atom. The Balaban J connectivity index is 2.31. The molecule has 0 fully saturated rings. The molecule has 24 heavy (non-hydrogen) atoms. The first-order chi connectivity index (χ1) is 11.2. The molecule has 11 heteroatoms. The number of amides is 1. The van der Waals surface area contributed by atoms with Gasteiger partial charge < -0.3 is 9.47 Å². The summed E-state index contributed by atoms with van der Waals surface area (Å²) in [5, 5.41) is 0. The van der Waals surface area contributed by atoms with Crippen molar-refractivity contribution in [2.24, 2.45) is 0 Å². The minimum atomic E-state index is -3.92. The van der Waals surface area contributed by atoms with E-state index in [0.29, 0.717) is 18.4 Å². The number of halogens is 2. The number of nitrogens with zero attached hydrogens (tertiary/aromatic N) is 2. The summed E-state index contributed by atoms with van der Waals surface area (Å²) in [6, 6.07) is 2.35. The third-order valence-corrected chi connectivity index (χ3v) is 3.14. The number of ether oxygens (including phenoxy) is 2. The minimum Gasteiger partial charge on any atom is -0.481 e. The molecule has 0 spiro atoms. The van der Waals surface area contributed by atoms with Crippen molar-refractivity contribution < 1.29 is 31.5 Å². The van der Waals surface area contributed by atoms with Gasteiger partial charge in [-0.2, -0.15) is 0 Å². The monoisotopic (exact) mass is 359 g/mol. The Labute approximate surface area is 135 Å². The van der Waals surface area contributed by atoms with Gasteiger partial charge in [0, 0.05) is 6.07 Å². The number of methoxy groups -OCH3 is 1. The van der Waals surface area contributed by atoms with E-state index in [1.54, 1.807) is 0 Å². The molecule has 0 aliphatic rings. The molecule has 1 heterocycles. The Bertz CT molecular complexity index is 889. The normalized spacial score (nSPS) is 11.0. The van der Waals surface area contributed by atoms with Crippen molar-refractivity contribution in [3.8, 4) is 17.5 Å². The van der Waals surface area contributed by atoms with E-state index >= 15 is 0 Å². The van der Waals surface area contributed by atoms with Crippen LogP contribution in [0.3, 0.4) is 0 Å². The molecule has 2 rings (SSSR count). The zero-order valence-electron chi connectivity index (χ0n) is 12.4. The highest BCUT2D eigenvalue weighted by molar-refractivity contribution is 7.89. The topological polar surface area (TPSA) is 107 Å². The van der Waals surface area contributed by atoms with Crippen LogP contribution in [0.25, 0.3) is 0 Å². The molecule has 0 saturated carbocycles. The fourth-order valence-electron chi connectivity index (χ4n) is 1.61. The number of benzene rings is 1. The van der Waals surface area contributed by atoms with E-state index in [2.05, 4.69) is 9.97 Å². The Hall–Kier alpha value is -2.82. The second-order valence-electron chi connectivity index (χ2n) is 4.47. The predicted molar refractivity (Wildman–Crippen MR) is 77.3 cm³/mol. The first-order valence-corrected chi connectivity index (χ1v) is 8.14. The summed E-state index contributed by atoms with van der Waals surface area (Å²) in [6.45, 7) is 0. The molecule has 128 valence electrons. The van der Waals surface area contributed by atoms with Crippen LogP contribution in [0.4, 0.5) is 8.78 Å². The lowest BCUT2D eigenvalue weighted by molar-refractivity contribution is 0.0977. The molecule has 0 radical (unpaired) electrons. The van der Waals surface area contributed by atoms with E-state index in [9.17, 15) is 22.0 Å². The van der Waals surface area contributed by atoms with E-state index < -0.39 is 38.9 Å². The number of hydrogen-bond acceptors (Lipinski definition) is 7. The summed E-state index contributed by atoms with van der Waals surface area (Å²) >= 11 is 0. The summed E-state index contributed by atoms with van der Waals surface area (Å²) in [5.41, 5.74) is -0.787. The highest BCUT2D eigenvalue weighted by Gasteiger charge is 2.20. The molecular weight excluding hydrogens is 348 g/mol. The van der Waals surface area contributed by atoms with Gasteiger partial charge in [0.05, 0.1) is 25.0 Å². The SMILES string of the molecule is COc1cc(Oc2cc(F)c(C(=O)NS(C)(=O)=O)cc2F)ncn1. The van der Waals surface area contributed by atoms with Crippen LogP contribution in [0, 0.1) is 11.6 Å². The number of nitrogens with one attached hydrogen (secondary N) is 1. The number of carbonyl (C=O) groups is 1. The highest BCUT2D eigenvalue weighted by atomic mass is 32.2. The van der Waals surface area contributed by atoms with E-state index in [0.717, 1.165) is 6.33 Å². The van der Waals surface area contributed by atoms with Crippen LogP contribution < -0.4 is 14.2 Å². The smallest absolute Gasteiger partial charge is 0.267 e. The molecule has 0 aliphatic heterocycles. The zero-order chi connectivity index (χ0) is 17.9. The number of aromatic nitrogens is 2. The van der Waals surface area contributed by atoms with Crippen LogP contribution in [0.5, 0.6) is 17.5 Å². The van der Waals surface area contributed by atoms with E-state index in [4.69, 9.17) is 9.47 Å². The molecule has 0 saturated heterocycles. The van der Waals surface area contributed by atoms with Crippen molar-refractivity contribution in [2.45, 2.75) is 0 Å². The van der Waals surface area contributed by atoms with E-state index in [-0.39, 0.29) is 11.8 Å². The molecule has 1 N–H and O–H groups in total. The average molecular weight is 359 g/mol. The maximum Gasteiger partial charge on any atom is 0.267 e. The van der Waals surface area contributed by atoms with Gasteiger partial charge in [-0.1, -0.05) is 0 Å². The van der Waals surface area contributed by atoms with Crippen LogP contribution in [0.1, 0.15) is 10.4 Å². The van der Waals surface area contributed by atoms with Gasteiger partial charge in [0.2, 0.25) is 21.8 Å². The zero-order valence-corrected chi connectivity index (χ0v) is 13.2. The molecule has 1 aromatic carbocycles. The molecule has 0 atom stereocenters. The quantitative estimate of drug-likeness (QED) is 0.856. The summed E-state index contributed by atoms with van der Waals surface area (Å²) in [4.78, 5) is 19.0. The summed E-state index contributed by atoms with van der Waals surface area (Å²) < 4.78 is 61.3. The Morgan fingerprint density at radius 2 is 1.79 bits per heavy atom. The standard InChI is InChI=1S/C13H11F2N3O5S/c1-22-11-5-12(17-6-16-11)23-10-4-8(14)7(3-9(10)15)13(19)18-24(2,20)21/h3-6H,1-2H3,(H,18,19). The molecule has 1 aromatic heterocycles. The van der Waals surface area contributed by atoms with Crippen LogP contribution in [0.15, 0.2) is 24.5 Å². The third-order valence-electron chi connectivity index (χ3n) is 2.58. The largest absolute Gasteiger partial charge is 0.481 e. The second kappa shape index (κ2) is 6.74. The molecule has 0 unspecified atom stereocenters.